The lowest BCUT2D eigenvalue weighted by molar-refractivity contribution is 0.0947. The summed E-state index contributed by atoms with van der Waals surface area (Å²) in [5.74, 6) is -0.111. The van der Waals surface area contributed by atoms with E-state index < -0.39 is 0 Å². The lowest BCUT2D eigenvalue weighted by Crippen LogP contribution is -2.46. The molecule has 0 aliphatic carbocycles. The molecule has 1 amide bonds. The van der Waals surface area contributed by atoms with E-state index in [2.05, 4.69) is 25.7 Å². The number of carbonyl (C=O) groups excluding carboxylic acids is 1. The maximum atomic E-state index is 12.1. The van der Waals surface area contributed by atoms with E-state index in [9.17, 15) is 4.79 Å². The first-order valence-electron chi connectivity index (χ1n) is 7.17. The largest absolute Gasteiger partial charge is 0.351 e. The lowest BCUT2D eigenvalue weighted by Gasteiger charge is -2.27. The van der Waals surface area contributed by atoms with Crippen molar-refractivity contribution in [3.63, 3.8) is 0 Å². The van der Waals surface area contributed by atoms with Crippen LogP contribution in [0.4, 0.5) is 0 Å². The van der Waals surface area contributed by atoms with Gasteiger partial charge in [-0.05, 0) is 13.0 Å². The molecule has 3 rings (SSSR count). The summed E-state index contributed by atoms with van der Waals surface area (Å²) in [6, 6.07) is 1.77. The highest BCUT2D eigenvalue weighted by Crippen LogP contribution is 2.16. The van der Waals surface area contributed by atoms with Crippen LogP contribution in [-0.4, -0.2) is 60.2 Å². The van der Waals surface area contributed by atoms with E-state index in [1.54, 1.807) is 6.07 Å². The van der Waals surface area contributed by atoms with Crippen LogP contribution in [0.1, 0.15) is 16.1 Å². The quantitative estimate of drug-likeness (QED) is 0.856. The summed E-state index contributed by atoms with van der Waals surface area (Å²) in [6.07, 6.45) is 1.52. The number of piperazine rings is 1. The standard InChI is InChI=1S/C14H19N5O2.ClH/c1-10-12-8-11(9-17-14(12)21-18-10)13(20)16-4-7-19-5-2-15-3-6-19;/h8-9,15H,2-7H2,1H3,(H,16,20);1H. The Morgan fingerprint density at radius 2 is 2.23 bits per heavy atom. The number of nitrogens with one attached hydrogen (secondary N) is 2. The average molecular weight is 326 g/mol. The van der Waals surface area contributed by atoms with Gasteiger partial charge in [0.1, 0.15) is 0 Å². The first-order valence-corrected chi connectivity index (χ1v) is 7.17. The van der Waals surface area contributed by atoms with Gasteiger partial charge < -0.3 is 15.2 Å². The summed E-state index contributed by atoms with van der Waals surface area (Å²) in [5.41, 5.74) is 1.74. The number of hydrogen-bond acceptors (Lipinski definition) is 6. The molecule has 1 saturated heterocycles. The van der Waals surface area contributed by atoms with Crippen molar-refractivity contribution in [2.24, 2.45) is 0 Å². The molecule has 0 aromatic carbocycles. The van der Waals surface area contributed by atoms with Crippen LogP contribution in [0.5, 0.6) is 0 Å². The number of halogens is 1. The maximum absolute atomic E-state index is 12.1. The van der Waals surface area contributed by atoms with E-state index in [1.165, 1.54) is 6.20 Å². The van der Waals surface area contributed by atoms with Crippen molar-refractivity contribution in [3.05, 3.63) is 23.5 Å². The van der Waals surface area contributed by atoms with Crippen LogP contribution in [0.2, 0.25) is 0 Å². The molecule has 8 heteroatoms. The van der Waals surface area contributed by atoms with Crippen LogP contribution >= 0.6 is 12.4 Å². The van der Waals surface area contributed by atoms with E-state index >= 15 is 0 Å². The highest BCUT2D eigenvalue weighted by molar-refractivity contribution is 5.96. The van der Waals surface area contributed by atoms with Gasteiger partial charge in [-0.3, -0.25) is 9.69 Å². The molecule has 120 valence electrons. The van der Waals surface area contributed by atoms with E-state index in [-0.39, 0.29) is 18.3 Å². The van der Waals surface area contributed by atoms with Crippen molar-refractivity contribution < 1.29 is 9.32 Å². The molecule has 1 aliphatic rings. The number of carbonyl (C=O) groups is 1. The van der Waals surface area contributed by atoms with Gasteiger partial charge in [0.05, 0.1) is 16.6 Å². The number of nitrogens with zero attached hydrogens (tertiary/aromatic N) is 3. The molecule has 0 saturated carbocycles. The number of fused-ring (bicyclic) bond motifs is 1. The van der Waals surface area contributed by atoms with Crippen molar-refractivity contribution in [2.45, 2.75) is 6.92 Å². The summed E-state index contributed by atoms with van der Waals surface area (Å²) < 4.78 is 5.04. The van der Waals surface area contributed by atoms with Crippen LogP contribution in [0, 0.1) is 6.92 Å². The van der Waals surface area contributed by atoms with E-state index in [1.807, 2.05) is 6.92 Å². The molecule has 0 spiro atoms. The smallest absolute Gasteiger partial charge is 0.257 e. The molecule has 7 nitrogen and oxygen atoms in total. The Hall–Kier alpha value is -1.70. The zero-order chi connectivity index (χ0) is 14.7. The highest BCUT2D eigenvalue weighted by Gasteiger charge is 2.12. The van der Waals surface area contributed by atoms with Crippen molar-refractivity contribution in [1.82, 2.24) is 25.7 Å². The van der Waals surface area contributed by atoms with Crippen molar-refractivity contribution in [3.8, 4) is 0 Å². The number of amides is 1. The molecule has 2 aromatic rings. The van der Waals surface area contributed by atoms with Crippen molar-refractivity contribution >= 4 is 29.4 Å². The Bertz CT molecular complexity index is 639. The molecule has 2 N–H and O–H groups in total. The number of aryl methyl sites for hydroxylation is 1. The van der Waals surface area contributed by atoms with Gasteiger partial charge in [-0.2, -0.15) is 0 Å². The summed E-state index contributed by atoms with van der Waals surface area (Å²) in [5, 5.41) is 10.9. The molecule has 0 atom stereocenters. The van der Waals surface area contributed by atoms with Gasteiger partial charge in [0.25, 0.3) is 11.6 Å². The van der Waals surface area contributed by atoms with Gasteiger partial charge in [0.2, 0.25) is 0 Å². The second-order valence-electron chi connectivity index (χ2n) is 5.19. The van der Waals surface area contributed by atoms with Crippen LogP contribution in [-0.2, 0) is 0 Å². The van der Waals surface area contributed by atoms with Crippen LogP contribution in [0.3, 0.4) is 0 Å². The first-order chi connectivity index (χ1) is 10.2. The fraction of sp³-hybridized carbons (Fsp3) is 0.500. The Balaban J connectivity index is 0.00000176. The second-order valence-corrected chi connectivity index (χ2v) is 5.19. The zero-order valence-corrected chi connectivity index (χ0v) is 13.3. The summed E-state index contributed by atoms with van der Waals surface area (Å²) in [7, 11) is 0. The highest BCUT2D eigenvalue weighted by atomic mass is 35.5. The Labute approximate surface area is 134 Å². The first kappa shape index (κ1) is 16.7. The molecule has 0 radical (unpaired) electrons. The molecule has 22 heavy (non-hydrogen) atoms. The van der Waals surface area contributed by atoms with E-state index in [0.29, 0.717) is 17.8 Å². The molecule has 1 fully saturated rings. The third-order valence-corrected chi connectivity index (χ3v) is 3.70. The van der Waals surface area contributed by atoms with Gasteiger partial charge in [-0.15, -0.1) is 12.4 Å². The SMILES string of the molecule is Cc1noc2ncc(C(=O)NCCN3CCNCC3)cc12.Cl. The minimum absolute atomic E-state index is 0. The van der Waals surface area contributed by atoms with Gasteiger partial charge in [0, 0.05) is 45.5 Å². The second kappa shape index (κ2) is 7.53. The molecule has 1 aliphatic heterocycles. The molecule has 2 aromatic heterocycles. The summed E-state index contributed by atoms with van der Waals surface area (Å²) in [6.45, 7) is 7.43. The molecule has 3 heterocycles. The normalized spacial score (nSPS) is 15.5. The van der Waals surface area contributed by atoms with Gasteiger partial charge in [-0.1, -0.05) is 5.16 Å². The van der Waals surface area contributed by atoms with Crippen LogP contribution in [0.25, 0.3) is 11.1 Å². The monoisotopic (exact) mass is 325 g/mol. The number of aromatic nitrogens is 2. The number of pyridine rings is 1. The van der Waals surface area contributed by atoms with Gasteiger partial charge in [0.15, 0.2) is 0 Å². The lowest BCUT2D eigenvalue weighted by atomic mass is 10.2. The summed E-state index contributed by atoms with van der Waals surface area (Å²) in [4.78, 5) is 18.6. The third-order valence-electron chi connectivity index (χ3n) is 3.70. The fourth-order valence-corrected chi connectivity index (χ4v) is 2.43. The van der Waals surface area contributed by atoms with Crippen molar-refractivity contribution in [1.29, 1.82) is 0 Å². The third kappa shape index (κ3) is 3.73. The van der Waals surface area contributed by atoms with E-state index in [4.69, 9.17) is 4.52 Å². The Morgan fingerprint density at radius 1 is 1.45 bits per heavy atom. The average Bonchev–Trinajstić information content (AvgIpc) is 2.89. The van der Waals surface area contributed by atoms with Crippen LogP contribution < -0.4 is 10.6 Å². The molecular weight excluding hydrogens is 306 g/mol. The molecule has 0 bridgehead atoms. The molecular formula is C14H20ClN5O2. The Morgan fingerprint density at radius 3 is 3.00 bits per heavy atom. The van der Waals surface area contributed by atoms with Gasteiger partial charge in [-0.25, -0.2) is 4.98 Å². The van der Waals surface area contributed by atoms with Crippen molar-refractivity contribution in [2.75, 3.05) is 39.3 Å². The van der Waals surface area contributed by atoms with E-state index in [0.717, 1.165) is 43.8 Å². The minimum atomic E-state index is -0.111. The maximum Gasteiger partial charge on any atom is 0.257 e. The molecule has 0 unspecified atom stereocenters. The zero-order valence-electron chi connectivity index (χ0n) is 12.5. The number of rotatable bonds is 4. The Kier molecular flexibility index (Phi) is 5.70. The number of hydrogen-bond donors (Lipinski definition) is 2. The van der Waals surface area contributed by atoms with Crippen LogP contribution in [0.15, 0.2) is 16.8 Å². The van der Waals surface area contributed by atoms with Gasteiger partial charge >= 0.3 is 0 Å². The topological polar surface area (TPSA) is 83.3 Å². The predicted molar refractivity (Wildman–Crippen MR) is 85.4 cm³/mol. The summed E-state index contributed by atoms with van der Waals surface area (Å²) >= 11 is 0. The fourth-order valence-electron chi connectivity index (χ4n) is 2.43. The predicted octanol–water partition coefficient (Wildman–Crippen LogP) is 0.588. The minimum Gasteiger partial charge on any atom is -0.351 e.